The van der Waals surface area contributed by atoms with E-state index in [-0.39, 0.29) is 11.8 Å². The SMILES string of the molecule is Cc1ccc2c(c1)NC(=O)C(C)CN2. The Hall–Kier alpha value is -1.51. The lowest BCUT2D eigenvalue weighted by molar-refractivity contribution is -0.118. The Labute approximate surface area is 83.5 Å². The second-order valence-corrected chi connectivity index (χ2v) is 3.82. The van der Waals surface area contributed by atoms with Crippen LogP contribution in [0.25, 0.3) is 0 Å². The standard InChI is InChI=1S/C11H14N2O/c1-7-3-4-9-10(5-7)13-11(14)8(2)6-12-9/h3-5,8,12H,6H2,1-2H3,(H,13,14). The molecule has 0 saturated carbocycles. The fourth-order valence-corrected chi connectivity index (χ4v) is 1.53. The fraction of sp³-hybridized carbons (Fsp3) is 0.364. The molecule has 1 aliphatic rings. The van der Waals surface area contributed by atoms with Gasteiger partial charge in [0.1, 0.15) is 0 Å². The Bertz CT molecular complexity index is 374. The van der Waals surface area contributed by atoms with Gasteiger partial charge in [-0.3, -0.25) is 4.79 Å². The van der Waals surface area contributed by atoms with Crippen LogP contribution in [0.2, 0.25) is 0 Å². The minimum absolute atomic E-state index is 0.0164. The van der Waals surface area contributed by atoms with Crippen LogP contribution < -0.4 is 10.6 Å². The number of anilines is 2. The van der Waals surface area contributed by atoms with E-state index in [0.717, 1.165) is 16.9 Å². The third-order valence-electron chi connectivity index (χ3n) is 2.48. The molecular formula is C11H14N2O. The van der Waals surface area contributed by atoms with Gasteiger partial charge in [-0.1, -0.05) is 13.0 Å². The molecule has 0 spiro atoms. The Kier molecular flexibility index (Phi) is 2.15. The van der Waals surface area contributed by atoms with E-state index in [9.17, 15) is 4.79 Å². The van der Waals surface area contributed by atoms with Crippen LogP contribution in [-0.4, -0.2) is 12.5 Å². The molecule has 0 aliphatic carbocycles. The molecule has 0 fully saturated rings. The van der Waals surface area contributed by atoms with Crippen LogP contribution in [0.15, 0.2) is 18.2 Å². The van der Waals surface area contributed by atoms with Gasteiger partial charge in [-0.2, -0.15) is 0 Å². The first-order chi connectivity index (χ1) is 6.66. The van der Waals surface area contributed by atoms with E-state index in [2.05, 4.69) is 10.6 Å². The first-order valence-electron chi connectivity index (χ1n) is 4.82. The highest BCUT2D eigenvalue weighted by Crippen LogP contribution is 2.26. The van der Waals surface area contributed by atoms with Crippen LogP contribution in [0, 0.1) is 12.8 Å². The van der Waals surface area contributed by atoms with Crippen molar-refractivity contribution in [1.82, 2.24) is 0 Å². The normalized spacial score (nSPS) is 20.4. The fourth-order valence-electron chi connectivity index (χ4n) is 1.53. The highest BCUT2D eigenvalue weighted by molar-refractivity contribution is 5.97. The molecule has 1 aromatic rings. The van der Waals surface area contributed by atoms with Crippen molar-refractivity contribution in [3.63, 3.8) is 0 Å². The topological polar surface area (TPSA) is 41.1 Å². The molecule has 1 amide bonds. The van der Waals surface area contributed by atoms with Crippen LogP contribution in [0.4, 0.5) is 11.4 Å². The smallest absolute Gasteiger partial charge is 0.229 e. The summed E-state index contributed by atoms with van der Waals surface area (Å²) in [6.45, 7) is 4.63. The number of rotatable bonds is 0. The lowest BCUT2D eigenvalue weighted by Gasteiger charge is -2.07. The molecule has 1 aromatic carbocycles. The number of hydrogen-bond acceptors (Lipinski definition) is 2. The number of benzene rings is 1. The maximum atomic E-state index is 11.5. The molecule has 1 atom stereocenters. The van der Waals surface area contributed by atoms with Crippen LogP contribution in [0.5, 0.6) is 0 Å². The number of hydrogen-bond donors (Lipinski definition) is 2. The molecule has 0 aromatic heterocycles. The monoisotopic (exact) mass is 190 g/mol. The second-order valence-electron chi connectivity index (χ2n) is 3.82. The molecule has 3 heteroatoms. The van der Waals surface area contributed by atoms with Crippen LogP contribution in [0.1, 0.15) is 12.5 Å². The number of amides is 1. The Morgan fingerprint density at radius 3 is 2.93 bits per heavy atom. The van der Waals surface area contributed by atoms with E-state index in [1.165, 1.54) is 0 Å². The van der Waals surface area contributed by atoms with E-state index in [1.54, 1.807) is 0 Å². The zero-order chi connectivity index (χ0) is 10.1. The van der Waals surface area contributed by atoms with Gasteiger partial charge in [0.05, 0.1) is 17.3 Å². The van der Waals surface area contributed by atoms with E-state index in [0.29, 0.717) is 6.54 Å². The highest BCUT2D eigenvalue weighted by Gasteiger charge is 2.18. The van der Waals surface area contributed by atoms with Crippen molar-refractivity contribution in [2.45, 2.75) is 13.8 Å². The maximum absolute atomic E-state index is 11.5. The van der Waals surface area contributed by atoms with Gasteiger partial charge in [-0.25, -0.2) is 0 Å². The van der Waals surface area contributed by atoms with E-state index < -0.39 is 0 Å². The molecule has 0 saturated heterocycles. The van der Waals surface area contributed by atoms with Gasteiger partial charge < -0.3 is 10.6 Å². The number of nitrogens with one attached hydrogen (secondary N) is 2. The number of carbonyl (C=O) groups is 1. The molecule has 1 unspecified atom stereocenters. The van der Waals surface area contributed by atoms with Gasteiger partial charge in [-0.15, -0.1) is 0 Å². The van der Waals surface area contributed by atoms with Crippen molar-refractivity contribution in [1.29, 1.82) is 0 Å². The molecule has 0 radical (unpaired) electrons. The minimum Gasteiger partial charge on any atom is -0.383 e. The average molecular weight is 190 g/mol. The number of aryl methyl sites for hydroxylation is 1. The number of carbonyl (C=O) groups excluding carboxylic acids is 1. The Balaban J connectivity index is 2.38. The van der Waals surface area contributed by atoms with Gasteiger partial charge in [0.2, 0.25) is 5.91 Å². The van der Waals surface area contributed by atoms with Gasteiger partial charge in [-0.05, 0) is 24.6 Å². The molecule has 0 bridgehead atoms. The third-order valence-corrected chi connectivity index (χ3v) is 2.48. The maximum Gasteiger partial charge on any atom is 0.229 e. The van der Waals surface area contributed by atoms with Crippen molar-refractivity contribution >= 4 is 17.3 Å². The van der Waals surface area contributed by atoms with Crippen molar-refractivity contribution < 1.29 is 4.79 Å². The summed E-state index contributed by atoms with van der Waals surface area (Å²) in [5, 5.41) is 6.16. The summed E-state index contributed by atoms with van der Waals surface area (Å²) in [7, 11) is 0. The molecule has 2 N–H and O–H groups in total. The molecule has 14 heavy (non-hydrogen) atoms. The molecule has 2 rings (SSSR count). The molecular weight excluding hydrogens is 176 g/mol. The summed E-state index contributed by atoms with van der Waals surface area (Å²) in [5.41, 5.74) is 3.05. The summed E-state index contributed by atoms with van der Waals surface area (Å²) in [5.74, 6) is 0.101. The lowest BCUT2D eigenvalue weighted by Crippen LogP contribution is -2.22. The summed E-state index contributed by atoms with van der Waals surface area (Å²) in [6, 6.07) is 6.02. The van der Waals surface area contributed by atoms with Crippen LogP contribution in [-0.2, 0) is 4.79 Å². The highest BCUT2D eigenvalue weighted by atomic mass is 16.1. The van der Waals surface area contributed by atoms with Crippen LogP contribution >= 0.6 is 0 Å². The van der Waals surface area contributed by atoms with Crippen molar-refractivity contribution in [3.8, 4) is 0 Å². The molecule has 1 heterocycles. The van der Waals surface area contributed by atoms with Crippen LogP contribution in [0.3, 0.4) is 0 Å². The van der Waals surface area contributed by atoms with Gasteiger partial charge >= 0.3 is 0 Å². The lowest BCUT2D eigenvalue weighted by atomic mass is 10.2. The minimum atomic E-state index is 0.0164. The van der Waals surface area contributed by atoms with Crippen molar-refractivity contribution in [3.05, 3.63) is 23.8 Å². The first kappa shape index (κ1) is 9.06. The Morgan fingerprint density at radius 1 is 1.36 bits per heavy atom. The number of fused-ring (bicyclic) bond motifs is 1. The quantitative estimate of drug-likeness (QED) is 0.657. The second kappa shape index (κ2) is 3.33. The first-order valence-corrected chi connectivity index (χ1v) is 4.82. The van der Waals surface area contributed by atoms with Gasteiger partial charge in [0.15, 0.2) is 0 Å². The van der Waals surface area contributed by atoms with Crippen molar-refractivity contribution in [2.75, 3.05) is 17.2 Å². The summed E-state index contributed by atoms with van der Waals surface area (Å²) >= 11 is 0. The Morgan fingerprint density at radius 2 is 2.14 bits per heavy atom. The molecule has 3 nitrogen and oxygen atoms in total. The predicted octanol–water partition coefficient (Wildman–Crippen LogP) is 2.00. The van der Waals surface area contributed by atoms with Crippen molar-refractivity contribution in [2.24, 2.45) is 5.92 Å². The summed E-state index contributed by atoms with van der Waals surface area (Å²) in [4.78, 5) is 11.5. The summed E-state index contributed by atoms with van der Waals surface area (Å²) < 4.78 is 0. The van der Waals surface area contributed by atoms with Gasteiger partial charge in [0.25, 0.3) is 0 Å². The molecule has 1 aliphatic heterocycles. The van der Waals surface area contributed by atoms with E-state index >= 15 is 0 Å². The molecule has 74 valence electrons. The van der Waals surface area contributed by atoms with E-state index in [4.69, 9.17) is 0 Å². The van der Waals surface area contributed by atoms with Gasteiger partial charge in [0, 0.05) is 6.54 Å². The summed E-state index contributed by atoms with van der Waals surface area (Å²) in [6.07, 6.45) is 0. The zero-order valence-electron chi connectivity index (χ0n) is 8.42. The predicted molar refractivity (Wildman–Crippen MR) is 57.5 cm³/mol. The average Bonchev–Trinajstić information content (AvgIpc) is 2.27. The largest absolute Gasteiger partial charge is 0.383 e. The third kappa shape index (κ3) is 1.58. The zero-order valence-corrected chi connectivity index (χ0v) is 8.42. The van der Waals surface area contributed by atoms with E-state index in [1.807, 2.05) is 32.0 Å².